The van der Waals surface area contributed by atoms with E-state index in [1.54, 1.807) is 7.11 Å². The Bertz CT molecular complexity index is 314. The van der Waals surface area contributed by atoms with Crippen LogP contribution in [0.25, 0.3) is 0 Å². The topological polar surface area (TPSA) is 71.0 Å². The van der Waals surface area contributed by atoms with Gasteiger partial charge in [0.2, 0.25) is 0 Å². The van der Waals surface area contributed by atoms with E-state index in [1.807, 2.05) is 30.3 Å². The normalized spacial score (nSPS) is 12.2. The minimum atomic E-state index is -0.224. The Balaban J connectivity index is 0.00000191. The molecule has 0 saturated carbocycles. The molecule has 0 heterocycles. The van der Waals surface area contributed by atoms with Crippen LogP contribution in [0.5, 0.6) is 0 Å². The van der Waals surface area contributed by atoms with Crippen molar-refractivity contribution in [2.45, 2.75) is 32.0 Å². The van der Waals surface area contributed by atoms with Gasteiger partial charge in [0.1, 0.15) is 0 Å². The van der Waals surface area contributed by atoms with Gasteiger partial charge in [-0.3, -0.25) is 4.84 Å². The lowest BCUT2D eigenvalue weighted by atomic mass is 10.1. The maximum atomic E-state index is 9.69. The lowest BCUT2D eigenvalue weighted by Gasteiger charge is -2.10. The quantitative estimate of drug-likeness (QED) is 0.331. The Kier molecular flexibility index (Phi) is 15.4. The smallest absolute Gasteiger partial charge is 0.0933 e. The molecule has 122 valence electrons. The van der Waals surface area contributed by atoms with Crippen LogP contribution in [0.15, 0.2) is 30.3 Å². The van der Waals surface area contributed by atoms with Crippen LogP contribution in [-0.2, 0) is 16.0 Å². The summed E-state index contributed by atoms with van der Waals surface area (Å²) in [5.74, 6) is 0. The molecule has 5 nitrogen and oxygen atoms in total. The first-order valence-electron chi connectivity index (χ1n) is 7.10. The highest BCUT2D eigenvalue weighted by molar-refractivity contribution is 7.32. The van der Waals surface area contributed by atoms with Crippen LogP contribution < -0.4 is 5.48 Å². The molecule has 0 radical (unpaired) electrons. The number of nitrogens with one attached hydrogen (secondary N) is 1. The third-order valence-corrected chi connectivity index (χ3v) is 3.51. The first-order chi connectivity index (χ1) is 10.3. The minimum absolute atomic E-state index is 0.224. The molecule has 21 heavy (non-hydrogen) atoms. The van der Waals surface area contributed by atoms with Gasteiger partial charge in [0, 0.05) is 29.6 Å². The van der Waals surface area contributed by atoms with E-state index in [0.29, 0.717) is 15.4 Å². The van der Waals surface area contributed by atoms with Crippen molar-refractivity contribution in [2.75, 3.05) is 26.9 Å². The fourth-order valence-electron chi connectivity index (χ4n) is 1.66. The number of hydrogen-bond acceptors (Lipinski definition) is 5. The molecule has 0 saturated heterocycles. The molecule has 1 unspecified atom stereocenters. The predicted molar refractivity (Wildman–Crippen MR) is 87.4 cm³/mol. The van der Waals surface area contributed by atoms with Gasteiger partial charge in [-0.15, -0.1) is 0 Å². The van der Waals surface area contributed by atoms with Gasteiger partial charge in [0.15, 0.2) is 0 Å². The van der Waals surface area contributed by atoms with Crippen molar-refractivity contribution in [3.05, 3.63) is 35.9 Å². The number of aliphatic hydroxyl groups is 2. The van der Waals surface area contributed by atoms with Gasteiger partial charge in [-0.25, -0.2) is 5.48 Å². The van der Waals surface area contributed by atoms with E-state index in [2.05, 4.69) is 5.48 Å². The molecule has 0 spiro atoms. The first kappa shape index (κ1) is 20.5. The second kappa shape index (κ2) is 15.8. The summed E-state index contributed by atoms with van der Waals surface area (Å²) >= 11 is 0. The van der Waals surface area contributed by atoms with Crippen molar-refractivity contribution in [1.82, 2.24) is 5.48 Å². The van der Waals surface area contributed by atoms with Gasteiger partial charge in [0.25, 0.3) is 0 Å². The largest absolute Gasteiger partial charge is 0.400 e. The van der Waals surface area contributed by atoms with Crippen LogP contribution in [0.1, 0.15) is 24.8 Å². The molecule has 2 atom stereocenters. The summed E-state index contributed by atoms with van der Waals surface area (Å²) in [5.41, 5.74) is 4.07. The molecule has 0 fully saturated rings. The maximum absolute atomic E-state index is 9.69. The average molecular weight is 317 g/mol. The van der Waals surface area contributed by atoms with E-state index in [1.165, 1.54) is 0 Å². The highest BCUT2D eigenvalue weighted by atomic mass is 31.1. The molecule has 3 N–H and O–H groups in total. The van der Waals surface area contributed by atoms with Gasteiger partial charge in [-0.05, 0) is 31.0 Å². The highest BCUT2D eigenvalue weighted by Gasteiger charge is 2.03. The van der Waals surface area contributed by atoms with Gasteiger partial charge in [-0.1, -0.05) is 30.3 Å². The van der Waals surface area contributed by atoms with Crippen LogP contribution in [0.2, 0.25) is 0 Å². The van der Waals surface area contributed by atoms with Gasteiger partial charge in [0.05, 0.1) is 12.7 Å². The molecule has 0 amide bonds. The summed E-state index contributed by atoms with van der Waals surface area (Å²) in [6.07, 6.45) is 3.24. The van der Waals surface area contributed by atoms with Crippen molar-refractivity contribution in [2.24, 2.45) is 0 Å². The molecule has 6 heteroatoms. The Morgan fingerprint density at radius 2 is 1.90 bits per heavy atom. The van der Waals surface area contributed by atoms with Crippen molar-refractivity contribution >= 4 is 8.81 Å². The van der Waals surface area contributed by atoms with Crippen molar-refractivity contribution in [1.29, 1.82) is 0 Å². The summed E-state index contributed by atoms with van der Waals surface area (Å²) in [6, 6.07) is 10.0. The fourth-order valence-corrected chi connectivity index (χ4v) is 2.32. The Morgan fingerprint density at radius 1 is 1.19 bits per heavy atom. The molecule has 1 rings (SSSR count). The average Bonchev–Trinajstić information content (AvgIpc) is 2.54. The molecule has 1 aromatic carbocycles. The number of aliphatic hydroxyl groups excluding tert-OH is 2. The number of hydrogen-bond donors (Lipinski definition) is 3. The summed E-state index contributed by atoms with van der Waals surface area (Å²) in [6.45, 7) is 1.33. The molecule has 0 aliphatic rings. The highest BCUT2D eigenvalue weighted by Crippen LogP contribution is 2.13. The van der Waals surface area contributed by atoms with E-state index < -0.39 is 0 Å². The zero-order chi connectivity index (χ0) is 15.8. The zero-order valence-electron chi connectivity index (χ0n) is 12.9. The van der Waals surface area contributed by atoms with Gasteiger partial charge < -0.3 is 14.7 Å². The number of rotatable bonds is 11. The van der Waals surface area contributed by atoms with Crippen LogP contribution >= 0.6 is 8.81 Å². The zero-order valence-corrected chi connectivity index (χ0v) is 13.9. The van der Waals surface area contributed by atoms with E-state index in [9.17, 15) is 5.11 Å². The summed E-state index contributed by atoms with van der Waals surface area (Å²) < 4.78 is 4.98. The summed E-state index contributed by atoms with van der Waals surface area (Å²) in [7, 11) is 3.19. The molecule has 0 aliphatic carbocycles. The Morgan fingerprint density at radius 3 is 2.57 bits per heavy atom. The van der Waals surface area contributed by atoms with Gasteiger partial charge in [-0.2, -0.15) is 0 Å². The molecule has 0 bridgehead atoms. The molecule has 0 aromatic heterocycles. The Labute approximate surface area is 129 Å². The lowest BCUT2D eigenvalue weighted by Crippen LogP contribution is -2.18. The maximum Gasteiger partial charge on any atom is 0.0933 e. The van der Waals surface area contributed by atoms with E-state index in [4.69, 9.17) is 14.5 Å². The molecule has 0 aliphatic heterocycles. The van der Waals surface area contributed by atoms with E-state index >= 15 is 0 Å². The fraction of sp³-hybridized carbons (Fsp3) is 0.600. The SMILES string of the molecule is CO.COPCC[C@@H](O)CCCNOCc1ccccc1. The van der Waals surface area contributed by atoms with Crippen LogP contribution in [0.3, 0.4) is 0 Å². The second-order valence-corrected chi connectivity index (χ2v) is 5.55. The van der Waals surface area contributed by atoms with Gasteiger partial charge >= 0.3 is 0 Å². The lowest BCUT2D eigenvalue weighted by molar-refractivity contribution is 0.0251. The number of benzene rings is 1. The van der Waals surface area contributed by atoms with E-state index in [0.717, 1.165) is 44.6 Å². The van der Waals surface area contributed by atoms with Crippen LogP contribution in [-0.4, -0.2) is 43.2 Å². The Hall–Kier alpha value is -0.550. The van der Waals surface area contributed by atoms with Crippen molar-refractivity contribution in [3.63, 3.8) is 0 Å². The third kappa shape index (κ3) is 12.9. The second-order valence-electron chi connectivity index (χ2n) is 4.35. The minimum Gasteiger partial charge on any atom is -0.400 e. The predicted octanol–water partition coefficient (Wildman–Crippen LogP) is 2.09. The molecular formula is C15H28NO4P. The van der Waals surface area contributed by atoms with E-state index in [-0.39, 0.29) is 6.10 Å². The third-order valence-electron chi connectivity index (χ3n) is 2.72. The molecule has 1 aromatic rings. The number of hydroxylamine groups is 1. The standard InChI is InChI=1S/C14H24NO3P.CH4O/c1-17-19-11-9-14(16)8-5-10-15-18-12-13-6-3-2-4-7-13;1-2/h2-4,6-7,14-16,19H,5,8-12H2,1H3;2H,1H3/t14-;/m0./s1. The van der Waals surface area contributed by atoms with Crippen LogP contribution in [0, 0.1) is 0 Å². The van der Waals surface area contributed by atoms with Crippen molar-refractivity contribution in [3.8, 4) is 0 Å². The summed E-state index contributed by atoms with van der Waals surface area (Å²) in [4.78, 5) is 5.35. The molecular weight excluding hydrogens is 289 g/mol. The van der Waals surface area contributed by atoms with Crippen LogP contribution in [0.4, 0.5) is 0 Å². The summed E-state index contributed by atoms with van der Waals surface area (Å²) in [5, 5.41) is 16.7. The first-order valence-corrected chi connectivity index (χ1v) is 8.21. The monoisotopic (exact) mass is 317 g/mol. The van der Waals surface area contributed by atoms with Crippen molar-refractivity contribution < 1.29 is 19.6 Å².